The number of alkyl halides is 3. The Morgan fingerprint density at radius 1 is 1.03 bits per heavy atom. The zero-order valence-corrected chi connectivity index (χ0v) is 20.0. The molecule has 0 atom stereocenters. The second-order valence-corrected chi connectivity index (χ2v) is 8.84. The van der Waals surface area contributed by atoms with Crippen LogP contribution in [0.15, 0.2) is 47.0 Å². The fourth-order valence-corrected chi connectivity index (χ4v) is 4.04. The second-order valence-electron chi connectivity index (χ2n) is 7.02. The maximum absolute atomic E-state index is 12.7. The summed E-state index contributed by atoms with van der Waals surface area (Å²) in [6, 6.07) is 7.14. The molecule has 1 aliphatic heterocycles. The first-order valence-corrected chi connectivity index (χ1v) is 11.2. The summed E-state index contributed by atoms with van der Waals surface area (Å²) in [5.74, 6) is 0.453. The average Bonchev–Trinajstić information content (AvgIpc) is 2.73. The number of halogens is 7. The van der Waals surface area contributed by atoms with E-state index in [1.807, 2.05) is 4.90 Å². The SMILES string of the molecule is O=C(Nc1ccc(C(F)(F)F)cc1)N1CCN(c2c(Cl)cc(OCC=C(Cl)Cl)cc2Cl)CC1. The second kappa shape index (κ2) is 11.0. The third-order valence-electron chi connectivity index (χ3n) is 4.82. The molecule has 1 N–H and O–H groups in total. The van der Waals surface area contributed by atoms with Gasteiger partial charge in [-0.05, 0) is 30.3 Å². The van der Waals surface area contributed by atoms with Crippen LogP contribution >= 0.6 is 46.4 Å². The predicted octanol–water partition coefficient (Wildman–Crippen LogP) is 7.06. The van der Waals surface area contributed by atoms with Crippen LogP contribution in [0.3, 0.4) is 0 Å². The minimum absolute atomic E-state index is 0.0871. The fraction of sp³-hybridized carbons (Fsp3) is 0.286. The third kappa shape index (κ3) is 6.99. The van der Waals surface area contributed by atoms with Crippen molar-refractivity contribution in [1.29, 1.82) is 0 Å². The largest absolute Gasteiger partial charge is 0.489 e. The van der Waals surface area contributed by atoms with Crippen molar-refractivity contribution in [3.8, 4) is 5.75 Å². The lowest BCUT2D eigenvalue weighted by Crippen LogP contribution is -2.50. The minimum atomic E-state index is -4.43. The van der Waals surface area contributed by atoms with Crippen LogP contribution in [0.2, 0.25) is 10.0 Å². The zero-order valence-electron chi connectivity index (χ0n) is 16.9. The number of anilines is 2. The molecule has 3 rings (SSSR count). The molecule has 12 heteroatoms. The lowest BCUT2D eigenvalue weighted by molar-refractivity contribution is -0.137. The van der Waals surface area contributed by atoms with E-state index in [2.05, 4.69) is 5.32 Å². The van der Waals surface area contributed by atoms with Gasteiger partial charge in [0.2, 0.25) is 0 Å². The van der Waals surface area contributed by atoms with Gasteiger partial charge in [0.25, 0.3) is 0 Å². The molecular weight excluding hydrogens is 525 g/mol. The van der Waals surface area contributed by atoms with Crippen molar-refractivity contribution in [3.05, 3.63) is 62.6 Å². The Morgan fingerprint density at radius 3 is 2.12 bits per heavy atom. The van der Waals surface area contributed by atoms with E-state index in [4.69, 9.17) is 51.1 Å². The van der Waals surface area contributed by atoms with Crippen LogP contribution in [-0.4, -0.2) is 43.7 Å². The van der Waals surface area contributed by atoms with Gasteiger partial charge in [0, 0.05) is 44.0 Å². The molecule has 0 aliphatic carbocycles. The average molecular weight is 543 g/mol. The van der Waals surface area contributed by atoms with Crippen LogP contribution in [0.4, 0.5) is 29.3 Å². The first kappa shape index (κ1) is 25.6. The number of hydrogen-bond acceptors (Lipinski definition) is 3. The Hall–Kier alpha value is -2.00. The molecule has 1 fully saturated rings. The number of ether oxygens (including phenoxy) is 1. The van der Waals surface area contributed by atoms with Gasteiger partial charge >= 0.3 is 12.2 Å². The first-order chi connectivity index (χ1) is 15.5. The maximum Gasteiger partial charge on any atom is 0.416 e. The Bertz CT molecular complexity index is 997. The number of carbonyl (C=O) groups is 1. The van der Waals surface area contributed by atoms with Gasteiger partial charge in [-0.3, -0.25) is 0 Å². The number of piperazine rings is 1. The highest BCUT2D eigenvalue weighted by Gasteiger charge is 2.30. The fourth-order valence-electron chi connectivity index (χ4n) is 3.21. The molecule has 0 saturated carbocycles. The van der Waals surface area contributed by atoms with E-state index in [0.29, 0.717) is 47.7 Å². The lowest BCUT2D eigenvalue weighted by atomic mass is 10.2. The number of amides is 2. The monoisotopic (exact) mass is 541 g/mol. The predicted molar refractivity (Wildman–Crippen MR) is 126 cm³/mol. The highest BCUT2D eigenvalue weighted by molar-refractivity contribution is 6.55. The molecule has 5 nitrogen and oxygen atoms in total. The van der Waals surface area contributed by atoms with Gasteiger partial charge in [0.05, 0.1) is 21.3 Å². The zero-order chi connectivity index (χ0) is 24.2. The molecule has 0 aromatic heterocycles. The van der Waals surface area contributed by atoms with Crippen LogP contribution in [0.25, 0.3) is 0 Å². The molecule has 33 heavy (non-hydrogen) atoms. The molecule has 1 heterocycles. The molecule has 1 saturated heterocycles. The van der Waals surface area contributed by atoms with Gasteiger partial charge in [0.1, 0.15) is 16.8 Å². The van der Waals surface area contributed by atoms with Crippen molar-refractivity contribution >= 4 is 63.8 Å². The summed E-state index contributed by atoms with van der Waals surface area (Å²) in [6.07, 6.45) is -2.95. The van der Waals surface area contributed by atoms with Crippen molar-refractivity contribution in [2.24, 2.45) is 0 Å². The number of benzene rings is 2. The molecule has 2 amide bonds. The van der Waals surface area contributed by atoms with Crippen molar-refractivity contribution < 1.29 is 22.7 Å². The quantitative estimate of drug-likeness (QED) is 0.439. The van der Waals surface area contributed by atoms with E-state index in [1.165, 1.54) is 18.2 Å². The first-order valence-electron chi connectivity index (χ1n) is 9.65. The topological polar surface area (TPSA) is 44.8 Å². The number of rotatable bonds is 5. The van der Waals surface area contributed by atoms with Gasteiger partial charge in [0.15, 0.2) is 0 Å². The van der Waals surface area contributed by atoms with E-state index in [-0.39, 0.29) is 16.8 Å². The van der Waals surface area contributed by atoms with Crippen molar-refractivity contribution in [2.75, 3.05) is 43.0 Å². The van der Waals surface area contributed by atoms with Crippen molar-refractivity contribution in [3.63, 3.8) is 0 Å². The minimum Gasteiger partial charge on any atom is -0.489 e. The van der Waals surface area contributed by atoms with Gasteiger partial charge in [-0.25, -0.2) is 4.79 Å². The molecule has 0 unspecified atom stereocenters. The third-order valence-corrected chi connectivity index (χ3v) is 5.71. The van der Waals surface area contributed by atoms with Crippen molar-refractivity contribution in [2.45, 2.75) is 6.18 Å². The molecule has 0 bridgehead atoms. The van der Waals surface area contributed by atoms with Crippen LogP contribution in [0.5, 0.6) is 5.75 Å². The standard InChI is InChI=1S/C21H18Cl4F3N3O2/c22-16-11-15(33-10-5-18(24)25)12-17(23)19(16)30-6-8-31(9-7-30)20(32)29-14-3-1-13(2-4-14)21(26,27)28/h1-5,11-12H,6-10H2,(H,29,32). The van der Waals surface area contributed by atoms with Crippen LogP contribution in [0, 0.1) is 0 Å². The van der Waals surface area contributed by atoms with Gasteiger partial charge in [-0.15, -0.1) is 0 Å². The molecule has 2 aromatic carbocycles. The molecule has 178 valence electrons. The molecule has 0 radical (unpaired) electrons. The van der Waals surface area contributed by atoms with E-state index in [9.17, 15) is 18.0 Å². The number of urea groups is 1. The summed E-state index contributed by atoms with van der Waals surface area (Å²) < 4.78 is 43.6. The normalized spacial score (nSPS) is 14.2. The Balaban J connectivity index is 1.58. The Labute approximate surface area is 208 Å². The molecule has 2 aromatic rings. The Kier molecular flexibility index (Phi) is 8.50. The molecule has 1 aliphatic rings. The smallest absolute Gasteiger partial charge is 0.416 e. The summed E-state index contributed by atoms with van der Waals surface area (Å²) in [5.41, 5.74) is 0.125. The Morgan fingerprint density at radius 2 is 1.61 bits per heavy atom. The van der Waals surface area contributed by atoms with Gasteiger partial charge in [-0.2, -0.15) is 13.2 Å². The summed E-state index contributed by atoms with van der Waals surface area (Å²) in [7, 11) is 0. The number of nitrogens with zero attached hydrogens (tertiary/aromatic N) is 2. The summed E-state index contributed by atoms with van der Waals surface area (Å²) >= 11 is 23.9. The highest BCUT2D eigenvalue weighted by atomic mass is 35.5. The van der Waals surface area contributed by atoms with Crippen LogP contribution in [0.1, 0.15) is 5.56 Å². The van der Waals surface area contributed by atoms with E-state index in [0.717, 1.165) is 12.1 Å². The number of nitrogens with one attached hydrogen (secondary N) is 1. The summed E-state index contributed by atoms with van der Waals surface area (Å²) in [4.78, 5) is 16.0. The summed E-state index contributed by atoms with van der Waals surface area (Å²) in [6.45, 7) is 1.82. The van der Waals surface area contributed by atoms with Crippen LogP contribution in [-0.2, 0) is 6.18 Å². The summed E-state index contributed by atoms with van der Waals surface area (Å²) in [5, 5.41) is 3.39. The maximum atomic E-state index is 12.7. The van der Waals surface area contributed by atoms with E-state index in [1.54, 1.807) is 17.0 Å². The van der Waals surface area contributed by atoms with Crippen molar-refractivity contribution in [1.82, 2.24) is 4.90 Å². The van der Waals surface area contributed by atoms with E-state index < -0.39 is 17.8 Å². The highest BCUT2D eigenvalue weighted by Crippen LogP contribution is 2.38. The number of hydrogen-bond donors (Lipinski definition) is 1. The van der Waals surface area contributed by atoms with Gasteiger partial charge in [-0.1, -0.05) is 46.4 Å². The lowest BCUT2D eigenvalue weighted by Gasteiger charge is -2.36. The van der Waals surface area contributed by atoms with E-state index >= 15 is 0 Å². The van der Waals surface area contributed by atoms with Gasteiger partial charge < -0.3 is 19.9 Å². The molecular formula is C21H18Cl4F3N3O2. The van der Waals surface area contributed by atoms with Crippen LogP contribution < -0.4 is 15.0 Å². The molecule has 0 spiro atoms. The number of carbonyl (C=O) groups excluding carboxylic acids is 1.